The van der Waals surface area contributed by atoms with Gasteiger partial charge in [0.1, 0.15) is 6.29 Å². The monoisotopic (exact) mass is 247 g/mol. The van der Waals surface area contributed by atoms with Crippen molar-refractivity contribution in [2.24, 2.45) is 0 Å². The first-order valence-electron chi connectivity index (χ1n) is 6.69. The fraction of sp³-hybridized carbons (Fsp3) is 0.533. The summed E-state index contributed by atoms with van der Waals surface area (Å²) in [5.41, 5.74) is 3.14. The van der Waals surface area contributed by atoms with Crippen molar-refractivity contribution in [3.05, 3.63) is 29.3 Å². The molecule has 1 aromatic rings. The maximum absolute atomic E-state index is 10.8. The molecule has 98 valence electrons. The lowest BCUT2D eigenvalue weighted by molar-refractivity contribution is 0.112. The quantitative estimate of drug-likeness (QED) is 0.813. The van der Waals surface area contributed by atoms with E-state index in [0.29, 0.717) is 6.04 Å². The predicted octanol–water partition coefficient (Wildman–Crippen LogP) is 2.55. The molecular formula is C15H21NO2. The van der Waals surface area contributed by atoms with Gasteiger partial charge in [-0.05, 0) is 56.4 Å². The number of aliphatic hydroxyl groups is 1. The predicted molar refractivity (Wildman–Crippen MR) is 73.3 cm³/mol. The van der Waals surface area contributed by atoms with Gasteiger partial charge in [0.25, 0.3) is 0 Å². The van der Waals surface area contributed by atoms with Crippen LogP contribution in [0.15, 0.2) is 18.2 Å². The Morgan fingerprint density at radius 2 is 2.33 bits per heavy atom. The highest BCUT2D eigenvalue weighted by Crippen LogP contribution is 2.30. The summed E-state index contributed by atoms with van der Waals surface area (Å²) < 4.78 is 0. The third-order valence-corrected chi connectivity index (χ3v) is 3.74. The zero-order valence-corrected chi connectivity index (χ0v) is 10.9. The van der Waals surface area contributed by atoms with Crippen molar-refractivity contribution in [1.82, 2.24) is 0 Å². The van der Waals surface area contributed by atoms with Crippen LogP contribution in [-0.2, 0) is 0 Å². The molecule has 1 fully saturated rings. The van der Waals surface area contributed by atoms with E-state index in [1.807, 2.05) is 12.1 Å². The number of hydrogen-bond acceptors (Lipinski definition) is 3. The summed E-state index contributed by atoms with van der Waals surface area (Å²) in [6.45, 7) is 3.41. The standard InChI is InChI=1S/C15H21NO2/c1-12-10-13(11-18)6-7-15(12)16-8-2-4-14(16)5-3-9-17/h6-7,10-11,14,17H,2-5,8-9H2,1H3. The van der Waals surface area contributed by atoms with Gasteiger partial charge < -0.3 is 10.0 Å². The highest BCUT2D eigenvalue weighted by Gasteiger charge is 2.25. The molecule has 1 aromatic carbocycles. The van der Waals surface area contributed by atoms with Crippen LogP contribution >= 0.6 is 0 Å². The molecule has 0 aromatic heterocycles. The Bertz CT molecular complexity index is 417. The summed E-state index contributed by atoms with van der Waals surface area (Å²) >= 11 is 0. The molecule has 0 aliphatic carbocycles. The molecule has 1 aliphatic rings. The SMILES string of the molecule is Cc1cc(C=O)ccc1N1CCCC1CCCO. The van der Waals surface area contributed by atoms with E-state index >= 15 is 0 Å². The summed E-state index contributed by atoms with van der Waals surface area (Å²) in [4.78, 5) is 13.2. The van der Waals surface area contributed by atoms with Crippen molar-refractivity contribution in [2.75, 3.05) is 18.1 Å². The second kappa shape index (κ2) is 6.01. The van der Waals surface area contributed by atoms with Crippen LogP contribution in [0.1, 0.15) is 41.6 Å². The van der Waals surface area contributed by atoms with Gasteiger partial charge in [-0.3, -0.25) is 4.79 Å². The normalized spacial score (nSPS) is 19.2. The average Bonchev–Trinajstić information content (AvgIpc) is 2.84. The van der Waals surface area contributed by atoms with Crippen LogP contribution in [0.25, 0.3) is 0 Å². The Morgan fingerprint density at radius 3 is 3.00 bits per heavy atom. The number of aliphatic hydroxyl groups excluding tert-OH is 1. The van der Waals surface area contributed by atoms with E-state index < -0.39 is 0 Å². The average molecular weight is 247 g/mol. The molecule has 1 heterocycles. The number of aldehydes is 1. The molecule has 1 unspecified atom stereocenters. The third-order valence-electron chi connectivity index (χ3n) is 3.74. The van der Waals surface area contributed by atoms with Crippen molar-refractivity contribution in [3.63, 3.8) is 0 Å². The smallest absolute Gasteiger partial charge is 0.150 e. The zero-order valence-electron chi connectivity index (χ0n) is 10.9. The molecule has 3 nitrogen and oxygen atoms in total. The van der Waals surface area contributed by atoms with Gasteiger partial charge in [0.2, 0.25) is 0 Å². The van der Waals surface area contributed by atoms with E-state index in [0.717, 1.165) is 36.8 Å². The number of carbonyl (C=O) groups is 1. The first kappa shape index (κ1) is 13.1. The molecule has 0 radical (unpaired) electrons. The van der Waals surface area contributed by atoms with Crippen LogP contribution in [0.5, 0.6) is 0 Å². The van der Waals surface area contributed by atoms with Crippen molar-refractivity contribution >= 4 is 12.0 Å². The Kier molecular flexibility index (Phi) is 4.37. The molecule has 2 rings (SSSR count). The van der Waals surface area contributed by atoms with E-state index in [4.69, 9.17) is 5.11 Å². The summed E-state index contributed by atoms with van der Waals surface area (Å²) in [6.07, 6.45) is 5.22. The topological polar surface area (TPSA) is 40.5 Å². The van der Waals surface area contributed by atoms with E-state index in [9.17, 15) is 4.79 Å². The lowest BCUT2D eigenvalue weighted by atomic mass is 10.1. The minimum absolute atomic E-state index is 0.271. The van der Waals surface area contributed by atoms with E-state index in [1.54, 1.807) is 0 Å². The summed E-state index contributed by atoms with van der Waals surface area (Å²) in [5.74, 6) is 0. The molecule has 1 N–H and O–H groups in total. The second-order valence-electron chi connectivity index (χ2n) is 5.02. The molecule has 0 bridgehead atoms. The fourth-order valence-corrected chi connectivity index (χ4v) is 2.85. The molecule has 1 atom stereocenters. The summed E-state index contributed by atoms with van der Waals surface area (Å²) in [6, 6.07) is 6.43. The number of benzene rings is 1. The van der Waals surface area contributed by atoms with Crippen LogP contribution in [0, 0.1) is 6.92 Å². The molecule has 18 heavy (non-hydrogen) atoms. The molecule has 0 amide bonds. The van der Waals surface area contributed by atoms with Crippen LogP contribution in [0.2, 0.25) is 0 Å². The van der Waals surface area contributed by atoms with Gasteiger partial charge in [0.05, 0.1) is 0 Å². The van der Waals surface area contributed by atoms with Gasteiger partial charge >= 0.3 is 0 Å². The number of rotatable bonds is 5. The van der Waals surface area contributed by atoms with Crippen molar-refractivity contribution in [2.45, 2.75) is 38.6 Å². The first-order chi connectivity index (χ1) is 8.76. The lowest BCUT2D eigenvalue weighted by Crippen LogP contribution is -2.29. The Hall–Kier alpha value is -1.35. The van der Waals surface area contributed by atoms with Crippen molar-refractivity contribution < 1.29 is 9.90 Å². The zero-order chi connectivity index (χ0) is 13.0. The number of aryl methyl sites for hydroxylation is 1. The Labute approximate surface area is 108 Å². The van der Waals surface area contributed by atoms with Crippen LogP contribution < -0.4 is 4.90 Å². The summed E-state index contributed by atoms with van der Waals surface area (Å²) in [5, 5.41) is 8.95. The van der Waals surface area contributed by atoms with Crippen LogP contribution in [-0.4, -0.2) is 30.6 Å². The molecule has 1 aliphatic heterocycles. The second-order valence-corrected chi connectivity index (χ2v) is 5.02. The number of hydrogen-bond donors (Lipinski definition) is 1. The van der Waals surface area contributed by atoms with E-state index in [1.165, 1.54) is 18.5 Å². The summed E-state index contributed by atoms with van der Waals surface area (Å²) in [7, 11) is 0. The van der Waals surface area contributed by atoms with Gasteiger partial charge in [0, 0.05) is 30.4 Å². The van der Waals surface area contributed by atoms with Gasteiger partial charge in [-0.2, -0.15) is 0 Å². The maximum Gasteiger partial charge on any atom is 0.150 e. The Balaban J connectivity index is 2.16. The number of nitrogens with zero attached hydrogens (tertiary/aromatic N) is 1. The number of anilines is 1. The van der Waals surface area contributed by atoms with Gasteiger partial charge in [-0.15, -0.1) is 0 Å². The van der Waals surface area contributed by atoms with Crippen molar-refractivity contribution in [3.8, 4) is 0 Å². The third kappa shape index (κ3) is 2.72. The first-order valence-corrected chi connectivity index (χ1v) is 6.69. The van der Waals surface area contributed by atoms with Crippen LogP contribution in [0.4, 0.5) is 5.69 Å². The molecule has 1 saturated heterocycles. The minimum atomic E-state index is 0.271. The highest BCUT2D eigenvalue weighted by molar-refractivity contribution is 5.77. The molecule has 0 spiro atoms. The van der Waals surface area contributed by atoms with E-state index in [-0.39, 0.29) is 6.61 Å². The minimum Gasteiger partial charge on any atom is -0.396 e. The molecular weight excluding hydrogens is 226 g/mol. The van der Waals surface area contributed by atoms with E-state index in [2.05, 4.69) is 17.9 Å². The number of carbonyl (C=O) groups excluding carboxylic acids is 1. The van der Waals surface area contributed by atoms with Gasteiger partial charge in [-0.1, -0.05) is 0 Å². The van der Waals surface area contributed by atoms with Gasteiger partial charge in [0.15, 0.2) is 0 Å². The largest absolute Gasteiger partial charge is 0.396 e. The lowest BCUT2D eigenvalue weighted by Gasteiger charge is -2.28. The highest BCUT2D eigenvalue weighted by atomic mass is 16.2. The molecule has 0 saturated carbocycles. The Morgan fingerprint density at radius 1 is 1.50 bits per heavy atom. The maximum atomic E-state index is 10.8. The molecule has 3 heteroatoms. The van der Waals surface area contributed by atoms with Crippen LogP contribution in [0.3, 0.4) is 0 Å². The van der Waals surface area contributed by atoms with Crippen molar-refractivity contribution in [1.29, 1.82) is 0 Å². The fourth-order valence-electron chi connectivity index (χ4n) is 2.85. The van der Waals surface area contributed by atoms with Gasteiger partial charge in [-0.25, -0.2) is 0 Å².